The van der Waals surface area contributed by atoms with Crippen LogP contribution in [-0.2, 0) is 19.7 Å². The van der Waals surface area contributed by atoms with Crippen molar-refractivity contribution in [2.75, 3.05) is 0 Å². The second-order valence-electron chi connectivity index (χ2n) is 4.29. The highest BCUT2D eigenvalue weighted by Crippen LogP contribution is 2.44. The molecule has 2 aliphatic heterocycles. The zero-order valence-corrected chi connectivity index (χ0v) is 11.5. The summed E-state index contributed by atoms with van der Waals surface area (Å²) in [5.74, 6) is 0. The van der Waals surface area contributed by atoms with Crippen molar-refractivity contribution in [3.63, 3.8) is 0 Å². The summed E-state index contributed by atoms with van der Waals surface area (Å²) in [5.41, 5.74) is 0.205. The standard InChI is InChI=1S/C9H5N5O4S2/c1-4-10-6-8(20(4,17)18)7-5(2-3-19(7,15)16)14-9(6)11-12-13-14/h2-3H,1H3. The topological polar surface area (TPSA) is 124 Å². The summed E-state index contributed by atoms with van der Waals surface area (Å²) >= 11 is 0. The molecule has 4 rings (SSSR count). The van der Waals surface area contributed by atoms with Gasteiger partial charge in [0.15, 0.2) is 0 Å². The van der Waals surface area contributed by atoms with E-state index in [-0.39, 0.29) is 31.9 Å². The molecule has 0 unspecified atom stereocenters. The van der Waals surface area contributed by atoms with Gasteiger partial charge in [-0.15, -0.1) is 5.10 Å². The first-order valence-corrected chi connectivity index (χ1v) is 8.38. The number of aliphatic imine (C=N–C) groups is 1. The van der Waals surface area contributed by atoms with E-state index in [4.69, 9.17) is 0 Å². The molecule has 20 heavy (non-hydrogen) atoms. The van der Waals surface area contributed by atoms with Gasteiger partial charge in [-0.3, -0.25) is 0 Å². The molecule has 0 saturated heterocycles. The van der Waals surface area contributed by atoms with Crippen LogP contribution in [0.5, 0.6) is 0 Å². The summed E-state index contributed by atoms with van der Waals surface area (Å²) in [6.07, 6.45) is 1.28. The van der Waals surface area contributed by atoms with E-state index < -0.39 is 19.7 Å². The van der Waals surface area contributed by atoms with E-state index in [2.05, 4.69) is 20.5 Å². The van der Waals surface area contributed by atoms with Crippen LogP contribution < -0.4 is 0 Å². The van der Waals surface area contributed by atoms with Crippen LogP contribution in [0.2, 0.25) is 0 Å². The highest BCUT2D eigenvalue weighted by molar-refractivity contribution is 8.07. The Morgan fingerprint density at radius 2 is 1.90 bits per heavy atom. The molecule has 0 radical (unpaired) electrons. The molecule has 0 N–H and O–H groups in total. The molecule has 4 heterocycles. The van der Waals surface area contributed by atoms with Crippen molar-refractivity contribution in [2.24, 2.45) is 4.99 Å². The van der Waals surface area contributed by atoms with Crippen molar-refractivity contribution < 1.29 is 16.8 Å². The Morgan fingerprint density at radius 3 is 2.65 bits per heavy atom. The van der Waals surface area contributed by atoms with E-state index in [9.17, 15) is 16.8 Å². The molecule has 0 atom stereocenters. The molecule has 2 aromatic heterocycles. The van der Waals surface area contributed by atoms with Gasteiger partial charge in [0, 0.05) is 5.41 Å². The van der Waals surface area contributed by atoms with Crippen LogP contribution in [0.25, 0.3) is 11.7 Å². The summed E-state index contributed by atoms with van der Waals surface area (Å²) < 4.78 is 49.9. The lowest BCUT2D eigenvalue weighted by Gasteiger charge is -2.06. The molecule has 0 fully saturated rings. The highest BCUT2D eigenvalue weighted by atomic mass is 32.2. The molecule has 9 nitrogen and oxygen atoms in total. The molecular formula is C9H5N5O4S2. The average molecular weight is 311 g/mol. The van der Waals surface area contributed by atoms with E-state index in [0.717, 1.165) is 5.41 Å². The SMILES string of the molecule is CC1=Nc2c(c3c(n4nnnc24)C=CS3(=O)=O)S1(=O)=O. The third kappa shape index (κ3) is 1.12. The normalized spacial score (nSPS) is 20.9. The number of tetrazole rings is 1. The summed E-state index contributed by atoms with van der Waals surface area (Å²) in [6, 6.07) is 0. The quantitative estimate of drug-likeness (QED) is 0.655. The van der Waals surface area contributed by atoms with Crippen molar-refractivity contribution in [2.45, 2.75) is 16.7 Å². The maximum atomic E-state index is 12.3. The number of sulfone groups is 2. The molecule has 2 aliphatic rings. The van der Waals surface area contributed by atoms with Crippen molar-refractivity contribution in [3.05, 3.63) is 11.1 Å². The molecule has 0 bridgehead atoms. The van der Waals surface area contributed by atoms with Crippen LogP contribution in [0.3, 0.4) is 0 Å². The van der Waals surface area contributed by atoms with Crippen LogP contribution in [0.1, 0.15) is 12.6 Å². The minimum absolute atomic E-state index is 0.0291. The molecule has 11 heteroatoms. The molecule has 0 amide bonds. The summed E-state index contributed by atoms with van der Waals surface area (Å²) in [7, 11) is -7.77. The Balaban J connectivity index is 2.38. The third-order valence-electron chi connectivity index (χ3n) is 3.18. The van der Waals surface area contributed by atoms with Gasteiger partial charge in [-0.25, -0.2) is 21.8 Å². The Kier molecular flexibility index (Phi) is 1.82. The zero-order valence-electron chi connectivity index (χ0n) is 9.84. The second kappa shape index (κ2) is 3.12. The fourth-order valence-corrected chi connectivity index (χ4v) is 5.45. The van der Waals surface area contributed by atoms with Crippen LogP contribution in [-0.4, -0.2) is 41.9 Å². The maximum Gasteiger partial charge on any atom is 0.223 e. The van der Waals surface area contributed by atoms with Gasteiger partial charge in [0.05, 0.1) is 5.69 Å². The highest BCUT2D eigenvalue weighted by Gasteiger charge is 2.42. The summed E-state index contributed by atoms with van der Waals surface area (Å²) in [5, 5.41) is 11.6. The van der Waals surface area contributed by atoms with Crippen molar-refractivity contribution in [1.29, 1.82) is 0 Å². The fourth-order valence-electron chi connectivity index (χ4n) is 2.28. The minimum Gasteiger partial charge on any atom is -0.236 e. The number of aromatic nitrogens is 4. The first-order chi connectivity index (χ1) is 9.34. The van der Waals surface area contributed by atoms with Gasteiger partial charge in [-0.1, -0.05) is 0 Å². The zero-order chi connectivity index (χ0) is 14.3. The predicted octanol–water partition coefficient (Wildman–Crippen LogP) is -0.281. The number of hydrogen-bond donors (Lipinski definition) is 0. The van der Waals surface area contributed by atoms with Crippen molar-refractivity contribution in [3.8, 4) is 0 Å². The Labute approximate surface area is 112 Å². The molecule has 0 saturated carbocycles. The number of hydrogen-bond acceptors (Lipinski definition) is 8. The molecule has 0 spiro atoms. The Bertz CT molecular complexity index is 1080. The molecule has 0 aliphatic carbocycles. The van der Waals surface area contributed by atoms with E-state index in [0.29, 0.717) is 0 Å². The van der Waals surface area contributed by atoms with E-state index in [1.165, 1.54) is 17.5 Å². The largest absolute Gasteiger partial charge is 0.236 e. The lowest BCUT2D eigenvalue weighted by Crippen LogP contribution is -2.12. The summed E-state index contributed by atoms with van der Waals surface area (Å²) in [4.78, 5) is 3.27. The Morgan fingerprint density at radius 1 is 1.15 bits per heavy atom. The van der Waals surface area contributed by atoms with Crippen LogP contribution in [0, 0.1) is 0 Å². The molecule has 0 aromatic carbocycles. The van der Waals surface area contributed by atoms with Crippen molar-refractivity contribution >= 4 is 42.1 Å². The van der Waals surface area contributed by atoms with Gasteiger partial charge in [-0.2, -0.15) is 4.52 Å². The van der Waals surface area contributed by atoms with Gasteiger partial charge in [-0.05, 0) is 23.4 Å². The average Bonchev–Trinajstić information content (AvgIpc) is 2.99. The van der Waals surface area contributed by atoms with Gasteiger partial charge < -0.3 is 0 Å². The van der Waals surface area contributed by atoms with Gasteiger partial charge in [0.25, 0.3) is 0 Å². The van der Waals surface area contributed by atoms with E-state index >= 15 is 0 Å². The van der Waals surface area contributed by atoms with Crippen LogP contribution in [0.4, 0.5) is 5.69 Å². The predicted molar refractivity (Wildman–Crippen MR) is 67.0 cm³/mol. The fraction of sp³-hybridized carbons (Fsp3) is 0.111. The second-order valence-corrected chi connectivity index (χ2v) is 8.06. The molecule has 2 aromatic rings. The van der Waals surface area contributed by atoms with Crippen LogP contribution in [0.15, 0.2) is 20.2 Å². The molecular weight excluding hydrogens is 306 g/mol. The summed E-state index contributed by atoms with van der Waals surface area (Å²) in [6.45, 7) is 1.30. The van der Waals surface area contributed by atoms with E-state index in [1.807, 2.05) is 0 Å². The third-order valence-corrected chi connectivity index (χ3v) is 6.59. The van der Waals surface area contributed by atoms with Gasteiger partial charge in [0.2, 0.25) is 25.3 Å². The first kappa shape index (κ1) is 11.7. The molecule has 102 valence electrons. The van der Waals surface area contributed by atoms with Gasteiger partial charge in [0.1, 0.15) is 20.5 Å². The van der Waals surface area contributed by atoms with Crippen LogP contribution >= 0.6 is 0 Å². The number of nitrogens with zero attached hydrogens (tertiary/aromatic N) is 5. The minimum atomic E-state index is -3.93. The number of pyridine rings is 1. The maximum absolute atomic E-state index is 12.3. The van der Waals surface area contributed by atoms with Crippen molar-refractivity contribution in [1.82, 2.24) is 20.0 Å². The van der Waals surface area contributed by atoms with Gasteiger partial charge >= 0.3 is 0 Å². The monoisotopic (exact) mass is 311 g/mol. The first-order valence-electron chi connectivity index (χ1n) is 5.35. The smallest absolute Gasteiger partial charge is 0.223 e. The lowest BCUT2D eigenvalue weighted by atomic mass is 10.3. The number of fused-ring (bicyclic) bond motifs is 6. The number of rotatable bonds is 0. The lowest BCUT2D eigenvalue weighted by molar-refractivity contribution is 0.593. The van der Waals surface area contributed by atoms with E-state index in [1.54, 1.807) is 0 Å². The Hall–Kier alpha value is -2.14.